The second-order valence-electron chi connectivity index (χ2n) is 11.3. The molecular formula is C37H34AlClN8. The van der Waals surface area contributed by atoms with E-state index in [1.54, 1.807) is 0 Å². The van der Waals surface area contributed by atoms with Gasteiger partial charge in [-0.05, 0) is 56.4 Å². The topological polar surface area (TPSA) is 82.3 Å². The lowest BCUT2D eigenvalue weighted by atomic mass is 10.1. The van der Waals surface area contributed by atoms with Gasteiger partial charge in [0.05, 0.1) is 0 Å². The normalized spacial score (nSPS) is 18.9. The molecule has 0 fully saturated rings. The van der Waals surface area contributed by atoms with Gasteiger partial charge in [-0.3, -0.25) is 0 Å². The van der Waals surface area contributed by atoms with Crippen LogP contribution in [0.4, 0.5) is 11.6 Å². The maximum absolute atomic E-state index is 7.91. The number of hydrogen-bond acceptors (Lipinski definition) is 7. The number of halogens is 1. The van der Waals surface area contributed by atoms with Gasteiger partial charge in [0.2, 0.25) is 0 Å². The van der Waals surface area contributed by atoms with Gasteiger partial charge in [-0.25, -0.2) is 30.0 Å². The average Bonchev–Trinajstić information content (AvgIpc) is 3.63. The Balaban J connectivity index is 0.00000172. The van der Waals surface area contributed by atoms with Gasteiger partial charge < -0.3 is 7.43 Å². The molecule has 6 bridgehead atoms. The SMILES string of the molecule is C/C1=C\CCC/C=C/C2=NC3=NC(=Nc4cccccc(C)c5[n]4[Al]([Cl])[N]2C1=NC1=NC(=N5)c2ccccc21)c1ccccc13.CC. The molecule has 5 aliphatic heterocycles. The van der Waals surface area contributed by atoms with Crippen LogP contribution in [0.15, 0.2) is 133 Å². The molecule has 0 spiro atoms. The molecule has 2 aromatic carbocycles. The Bertz CT molecular complexity index is 2090. The Labute approximate surface area is 284 Å². The van der Waals surface area contributed by atoms with Crippen LogP contribution in [0, 0.1) is 6.92 Å². The van der Waals surface area contributed by atoms with Crippen LogP contribution < -0.4 is 0 Å². The van der Waals surface area contributed by atoms with Gasteiger partial charge in [0, 0.05) is 22.3 Å². The van der Waals surface area contributed by atoms with E-state index in [9.17, 15) is 0 Å². The molecule has 1 aromatic heterocycles. The van der Waals surface area contributed by atoms with Crippen molar-refractivity contribution < 1.29 is 0 Å². The van der Waals surface area contributed by atoms with Gasteiger partial charge in [-0.1, -0.05) is 98.8 Å². The van der Waals surface area contributed by atoms with E-state index in [-0.39, 0.29) is 0 Å². The lowest BCUT2D eigenvalue weighted by Crippen LogP contribution is -2.50. The summed E-state index contributed by atoms with van der Waals surface area (Å²) < 4.78 is 4.19. The van der Waals surface area contributed by atoms with Crippen LogP contribution >= 0.6 is 10.0 Å². The van der Waals surface area contributed by atoms with Gasteiger partial charge in [0.15, 0.2) is 23.3 Å². The van der Waals surface area contributed by atoms with Crippen molar-refractivity contribution in [3.05, 3.63) is 130 Å². The predicted octanol–water partition coefficient (Wildman–Crippen LogP) is 8.51. The standard InChI is InChI=1S/C35H28N8.C2H6.Al.ClH/c1-22-14-6-3-4-8-20-28-36-30(22)40-34-26-18-12-13-19-27(26)35(43-34)41-31-23(2)15-7-5-9-21-29(37-31)39-33-25-17-11-10-16-24(25)32(38-28)42-33;1-2;;/h5,7-21H,3-4,6H2,1-2H3;1-2H3;;1H/q-2;;+3;/p-1/b20-8+,22-14+;;;. The molecule has 0 saturated heterocycles. The van der Waals surface area contributed by atoms with E-state index in [0.29, 0.717) is 46.6 Å². The molecule has 232 valence electrons. The third-order valence-electron chi connectivity index (χ3n) is 8.29. The molecule has 0 aliphatic carbocycles. The fraction of sp³-hybridized carbons (Fsp3) is 0.189. The first-order valence-electron chi connectivity index (χ1n) is 16.1. The molecule has 0 saturated carbocycles. The zero-order chi connectivity index (χ0) is 32.5. The zero-order valence-electron chi connectivity index (χ0n) is 26.9. The predicted molar refractivity (Wildman–Crippen MR) is 197 cm³/mol. The van der Waals surface area contributed by atoms with E-state index in [1.807, 2.05) is 93.6 Å². The molecule has 8 nitrogen and oxygen atoms in total. The van der Waals surface area contributed by atoms with Crippen molar-refractivity contribution in [2.75, 3.05) is 0 Å². The van der Waals surface area contributed by atoms with Crippen LogP contribution in [-0.4, -0.2) is 56.1 Å². The molecule has 3 aromatic rings. The van der Waals surface area contributed by atoms with E-state index < -0.39 is 13.7 Å². The van der Waals surface area contributed by atoms with Crippen molar-refractivity contribution in [2.45, 2.75) is 47.0 Å². The molecule has 6 heterocycles. The number of amidine groups is 6. The number of allylic oxidation sites excluding steroid dienone is 2. The lowest BCUT2D eigenvalue weighted by molar-refractivity contribution is 0.849. The minimum Gasteiger partial charge on any atom is -0.371 e. The quantitative estimate of drug-likeness (QED) is 0.224. The number of benzene rings is 2. The van der Waals surface area contributed by atoms with E-state index >= 15 is 0 Å². The molecular weight excluding hydrogens is 619 g/mol. The highest BCUT2D eigenvalue weighted by molar-refractivity contribution is 7.06. The van der Waals surface area contributed by atoms with Crippen molar-refractivity contribution in [3.8, 4) is 0 Å². The van der Waals surface area contributed by atoms with E-state index in [2.05, 4.69) is 38.7 Å². The summed E-state index contributed by atoms with van der Waals surface area (Å²) in [6, 6.07) is 26.2. The maximum Gasteiger partial charge on any atom is 0.722 e. The summed E-state index contributed by atoms with van der Waals surface area (Å²) in [6.45, 7) is 8.15. The maximum atomic E-state index is 7.91. The van der Waals surface area contributed by atoms with Crippen LogP contribution in [0.25, 0.3) is 0 Å². The van der Waals surface area contributed by atoms with Gasteiger partial charge in [-0.2, -0.15) is 10.0 Å². The van der Waals surface area contributed by atoms with Crippen LogP contribution in [0.1, 0.15) is 67.9 Å². The minimum absolute atomic E-state index is 0.588. The highest BCUT2D eigenvalue weighted by atomic mass is 35.6. The molecule has 0 atom stereocenters. The third kappa shape index (κ3) is 5.65. The second-order valence-corrected chi connectivity index (χ2v) is 14.1. The summed E-state index contributed by atoms with van der Waals surface area (Å²) >= 11 is -2.84. The summed E-state index contributed by atoms with van der Waals surface area (Å²) in [5.74, 6) is 5.08. The number of nitrogens with zero attached hydrogens (tertiary/aromatic N) is 8. The van der Waals surface area contributed by atoms with Crippen LogP contribution in [0.3, 0.4) is 0 Å². The molecule has 10 heteroatoms. The number of aryl methyl sites for hydroxylation is 1. The second kappa shape index (κ2) is 13.2. The average molecular weight is 653 g/mol. The highest BCUT2D eigenvalue weighted by Crippen LogP contribution is 2.34. The summed E-state index contributed by atoms with van der Waals surface area (Å²) in [6.07, 6.45) is 9.33. The Kier molecular flexibility index (Phi) is 8.70. The number of aromatic nitrogens is 1. The Morgan fingerprint density at radius 1 is 0.638 bits per heavy atom. The lowest BCUT2D eigenvalue weighted by Gasteiger charge is -2.32. The number of aliphatic imine (C=N–C) groups is 6. The monoisotopic (exact) mass is 652 g/mol. The van der Waals surface area contributed by atoms with Gasteiger partial charge >= 0.3 is 13.7 Å². The molecule has 0 amide bonds. The first kappa shape index (κ1) is 30.9. The first-order chi connectivity index (χ1) is 23.1. The Morgan fingerprint density at radius 2 is 1.21 bits per heavy atom. The number of rotatable bonds is 0. The van der Waals surface area contributed by atoms with E-state index in [1.165, 1.54) is 0 Å². The number of hydrogen-bond donors (Lipinski definition) is 0. The third-order valence-corrected chi connectivity index (χ3v) is 11.3. The number of fused-ring (bicyclic) bond motifs is 8. The fourth-order valence-electron chi connectivity index (χ4n) is 6.02. The fourth-order valence-corrected chi connectivity index (χ4v) is 9.06. The first-order valence-corrected chi connectivity index (χ1v) is 18.9. The summed E-state index contributed by atoms with van der Waals surface area (Å²) in [5, 5.41) is 0. The highest BCUT2D eigenvalue weighted by Gasteiger charge is 2.41. The van der Waals surface area contributed by atoms with Crippen molar-refractivity contribution in [1.82, 2.24) is 7.43 Å². The molecule has 47 heavy (non-hydrogen) atoms. The van der Waals surface area contributed by atoms with Crippen LogP contribution in [-0.2, 0) is 0 Å². The van der Waals surface area contributed by atoms with Gasteiger partial charge in [-0.15, -0.1) is 0 Å². The molecule has 0 radical (unpaired) electrons. The molecule has 0 unspecified atom stereocenters. The summed E-state index contributed by atoms with van der Waals surface area (Å²) in [5.41, 5.74) is 5.64. The minimum atomic E-state index is -2.84. The summed E-state index contributed by atoms with van der Waals surface area (Å²) in [7, 11) is 7.91. The van der Waals surface area contributed by atoms with Gasteiger partial charge in [0.1, 0.15) is 23.3 Å². The van der Waals surface area contributed by atoms with E-state index in [4.69, 9.17) is 40.0 Å². The smallest absolute Gasteiger partial charge is 0.371 e. The molecule has 5 aliphatic rings. The Hall–Kier alpha value is -4.68. The van der Waals surface area contributed by atoms with Crippen LogP contribution in [0.2, 0.25) is 0 Å². The van der Waals surface area contributed by atoms with Crippen molar-refractivity contribution in [3.63, 3.8) is 0 Å². The van der Waals surface area contributed by atoms with Crippen LogP contribution in [0.5, 0.6) is 0 Å². The van der Waals surface area contributed by atoms with Crippen molar-refractivity contribution >= 4 is 70.4 Å². The summed E-state index contributed by atoms with van der Waals surface area (Å²) in [4.78, 5) is 31.1. The van der Waals surface area contributed by atoms with Crippen molar-refractivity contribution in [1.29, 1.82) is 0 Å². The molecule has 8 rings (SSSR count). The van der Waals surface area contributed by atoms with Crippen molar-refractivity contribution in [2.24, 2.45) is 30.0 Å². The molecule has 0 N–H and O–H groups in total. The van der Waals surface area contributed by atoms with E-state index in [0.717, 1.165) is 52.7 Å². The Morgan fingerprint density at radius 3 is 1.89 bits per heavy atom. The largest absolute Gasteiger partial charge is 0.722 e. The van der Waals surface area contributed by atoms with Gasteiger partial charge in [0.25, 0.3) is 0 Å². The zero-order valence-corrected chi connectivity index (χ0v) is 28.8.